The van der Waals surface area contributed by atoms with E-state index in [0.29, 0.717) is 23.1 Å². The first-order valence-corrected chi connectivity index (χ1v) is 9.16. The van der Waals surface area contributed by atoms with Crippen molar-refractivity contribution in [2.24, 2.45) is 5.10 Å². The Morgan fingerprint density at radius 2 is 2.12 bits per heavy atom. The van der Waals surface area contributed by atoms with Gasteiger partial charge < -0.3 is 9.47 Å². The molecular formula is C19H18ClN3O2S. The average Bonchev–Trinajstić information content (AvgIpc) is 3.05. The van der Waals surface area contributed by atoms with Crippen LogP contribution in [0, 0.1) is 6.92 Å². The van der Waals surface area contributed by atoms with Crippen molar-refractivity contribution in [2.75, 3.05) is 12.5 Å². The summed E-state index contributed by atoms with van der Waals surface area (Å²) in [5.74, 6) is 1.30. The molecule has 0 aliphatic heterocycles. The standard InChI is InChI=1S/C19H18ClN3O2S/c1-13-12-26-19(22-13)23-21-10-14-6-7-17(24-2)18(9-14)25-11-15-4-3-5-16(20)8-15/h3-10,12H,11H2,1-2H3,(H,22,23). The number of hydrogen-bond acceptors (Lipinski definition) is 6. The fourth-order valence-electron chi connectivity index (χ4n) is 2.24. The fourth-order valence-corrected chi connectivity index (χ4v) is 3.09. The second-order valence-electron chi connectivity index (χ2n) is 5.49. The number of benzene rings is 2. The lowest BCUT2D eigenvalue weighted by molar-refractivity contribution is 0.284. The molecule has 0 fully saturated rings. The topological polar surface area (TPSA) is 55.7 Å². The number of halogens is 1. The van der Waals surface area contributed by atoms with Crippen LogP contribution in [0.2, 0.25) is 5.02 Å². The molecule has 1 aromatic heterocycles. The maximum atomic E-state index is 6.01. The Bertz CT molecular complexity index is 911. The summed E-state index contributed by atoms with van der Waals surface area (Å²) in [6.45, 7) is 2.34. The predicted molar refractivity (Wildman–Crippen MR) is 107 cm³/mol. The van der Waals surface area contributed by atoms with Crippen LogP contribution in [0.3, 0.4) is 0 Å². The molecule has 26 heavy (non-hydrogen) atoms. The Hall–Kier alpha value is -2.57. The van der Waals surface area contributed by atoms with E-state index in [0.717, 1.165) is 22.0 Å². The van der Waals surface area contributed by atoms with Crippen molar-refractivity contribution in [3.8, 4) is 11.5 Å². The number of methoxy groups -OCH3 is 1. The Morgan fingerprint density at radius 3 is 2.85 bits per heavy atom. The number of aryl methyl sites for hydroxylation is 1. The van der Waals surface area contributed by atoms with Crippen LogP contribution >= 0.6 is 22.9 Å². The highest BCUT2D eigenvalue weighted by Gasteiger charge is 2.06. The van der Waals surface area contributed by atoms with Crippen molar-refractivity contribution in [2.45, 2.75) is 13.5 Å². The van der Waals surface area contributed by atoms with E-state index in [1.165, 1.54) is 11.3 Å². The summed E-state index contributed by atoms with van der Waals surface area (Å²) in [6, 6.07) is 13.2. The molecule has 0 radical (unpaired) electrons. The SMILES string of the molecule is COc1ccc(C=NNc2nc(C)cs2)cc1OCc1cccc(Cl)c1. The molecule has 7 heteroatoms. The summed E-state index contributed by atoms with van der Waals surface area (Å²) >= 11 is 7.52. The number of hydrogen-bond donors (Lipinski definition) is 1. The van der Waals surface area contributed by atoms with E-state index in [4.69, 9.17) is 21.1 Å². The van der Waals surface area contributed by atoms with Gasteiger partial charge in [-0.2, -0.15) is 5.10 Å². The molecule has 0 aliphatic carbocycles. The van der Waals surface area contributed by atoms with Crippen LogP contribution in [0.5, 0.6) is 11.5 Å². The molecule has 1 N–H and O–H groups in total. The molecule has 0 atom stereocenters. The summed E-state index contributed by atoms with van der Waals surface area (Å²) in [4.78, 5) is 4.30. The Labute approximate surface area is 161 Å². The van der Waals surface area contributed by atoms with Crippen molar-refractivity contribution >= 4 is 34.3 Å². The summed E-state index contributed by atoms with van der Waals surface area (Å²) in [7, 11) is 1.61. The molecule has 0 spiro atoms. The van der Waals surface area contributed by atoms with Crippen LogP contribution in [-0.4, -0.2) is 18.3 Å². The number of anilines is 1. The van der Waals surface area contributed by atoms with Gasteiger partial charge in [-0.15, -0.1) is 11.3 Å². The zero-order valence-corrected chi connectivity index (χ0v) is 16.0. The van der Waals surface area contributed by atoms with Crippen LogP contribution in [0.4, 0.5) is 5.13 Å². The molecule has 0 saturated carbocycles. The maximum Gasteiger partial charge on any atom is 0.203 e. The van der Waals surface area contributed by atoms with Crippen molar-refractivity contribution in [3.05, 3.63) is 69.7 Å². The van der Waals surface area contributed by atoms with Crippen LogP contribution in [0.25, 0.3) is 0 Å². The maximum absolute atomic E-state index is 6.01. The zero-order chi connectivity index (χ0) is 18.4. The molecule has 3 aromatic rings. The first-order chi connectivity index (χ1) is 12.6. The van der Waals surface area contributed by atoms with E-state index in [9.17, 15) is 0 Å². The highest BCUT2D eigenvalue weighted by atomic mass is 35.5. The number of rotatable bonds is 7. The fraction of sp³-hybridized carbons (Fsp3) is 0.158. The third-order valence-corrected chi connectivity index (χ3v) is 4.56. The van der Waals surface area contributed by atoms with E-state index in [2.05, 4.69) is 15.5 Å². The average molecular weight is 388 g/mol. The third kappa shape index (κ3) is 4.97. The Balaban J connectivity index is 1.69. The van der Waals surface area contributed by atoms with Crippen LogP contribution in [-0.2, 0) is 6.61 Å². The highest BCUT2D eigenvalue weighted by molar-refractivity contribution is 7.13. The second kappa shape index (κ2) is 8.69. The molecule has 0 bridgehead atoms. The second-order valence-corrected chi connectivity index (χ2v) is 6.79. The quantitative estimate of drug-likeness (QED) is 0.450. The first-order valence-electron chi connectivity index (χ1n) is 7.90. The van der Waals surface area contributed by atoms with E-state index in [1.807, 2.05) is 54.8 Å². The van der Waals surface area contributed by atoms with Gasteiger partial charge >= 0.3 is 0 Å². The normalized spacial score (nSPS) is 10.9. The zero-order valence-electron chi connectivity index (χ0n) is 14.4. The number of nitrogens with one attached hydrogen (secondary N) is 1. The van der Waals surface area contributed by atoms with Gasteiger partial charge in [-0.05, 0) is 48.4 Å². The summed E-state index contributed by atoms with van der Waals surface area (Å²) in [5.41, 5.74) is 5.75. The van der Waals surface area contributed by atoms with E-state index in [-0.39, 0.29) is 0 Å². The highest BCUT2D eigenvalue weighted by Crippen LogP contribution is 2.28. The Morgan fingerprint density at radius 1 is 1.23 bits per heavy atom. The van der Waals surface area contributed by atoms with Gasteiger partial charge in [-0.25, -0.2) is 4.98 Å². The van der Waals surface area contributed by atoms with Gasteiger partial charge in [0.15, 0.2) is 11.5 Å². The molecule has 0 aliphatic rings. The number of nitrogens with zero attached hydrogens (tertiary/aromatic N) is 2. The van der Waals surface area contributed by atoms with E-state index >= 15 is 0 Å². The minimum atomic E-state index is 0.397. The minimum Gasteiger partial charge on any atom is -0.493 e. The minimum absolute atomic E-state index is 0.397. The van der Waals surface area contributed by atoms with Crippen LogP contribution in [0.15, 0.2) is 52.9 Å². The number of thiazole rings is 1. The lowest BCUT2D eigenvalue weighted by atomic mass is 10.2. The van der Waals surface area contributed by atoms with Gasteiger partial charge in [-0.3, -0.25) is 5.43 Å². The molecule has 134 valence electrons. The van der Waals surface area contributed by atoms with Crippen molar-refractivity contribution < 1.29 is 9.47 Å². The van der Waals surface area contributed by atoms with Gasteiger partial charge in [0.2, 0.25) is 5.13 Å². The number of hydrazone groups is 1. The van der Waals surface area contributed by atoms with Crippen molar-refractivity contribution in [3.63, 3.8) is 0 Å². The van der Waals surface area contributed by atoms with Crippen LogP contribution < -0.4 is 14.9 Å². The van der Waals surface area contributed by atoms with Crippen molar-refractivity contribution in [1.29, 1.82) is 0 Å². The van der Waals surface area contributed by atoms with Gasteiger partial charge in [0.1, 0.15) is 6.61 Å². The van der Waals surface area contributed by atoms with Gasteiger partial charge in [0.05, 0.1) is 19.0 Å². The third-order valence-electron chi connectivity index (χ3n) is 3.46. The molecule has 0 saturated heterocycles. The van der Waals surface area contributed by atoms with Crippen molar-refractivity contribution in [1.82, 2.24) is 4.98 Å². The predicted octanol–water partition coefficient (Wildman–Crippen LogP) is 5.14. The molecule has 1 heterocycles. The first kappa shape index (κ1) is 18.2. The molecular weight excluding hydrogens is 370 g/mol. The summed E-state index contributed by atoms with van der Waals surface area (Å²) < 4.78 is 11.3. The largest absolute Gasteiger partial charge is 0.493 e. The smallest absolute Gasteiger partial charge is 0.203 e. The van der Waals surface area contributed by atoms with Gasteiger partial charge in [0.25, 0.3) is 0 Å². The lowest BCUT2D eigenvalue weighted by Gasteiger charge is -2.11. The molecule has 0 amide bonds. The number of ether oxygens (including phenoxy) is 2. The molecule has 2 aromatic carbocycles. The number of aromatic nitrogens is 1. The monoisotopic (exact) mass is 387 g/mol. The summed E-state index contributed by atoms with van der Waals surface area (Å²) in [6.07, 6.45) is 1.71. The molecule has 5 nitrogen and oxygen atoms in total. The Kier molecular flexibility index (Phi) is 6.09. The lowest BCUT2D eigenvalue weighted by Crippen LogP contribution is -1.99. The molecule has 3 rings (SSSR count). The summed E-state index contributed by atoms with van der Waals surface area (Å²) in [5, 5.41) is 7.61. The van der Waals surface area contributed by atoms with E-state index in [1.54, 1.807) is 13.3 Å². The van der Waals surface area contributed by atoms with E-state index < -0.39 is 0 Å². The van der Waals surface area contributed by atoms with Gasteiger partial charge in [0, 0.05) is 10.4 Å². The van der Waals surface area contributed by atoms with Crippen LogP contribution in [0.1, 0.15) is 16.8 Å². The molecule has 0 unspecified atom stereocenters. The van der Waals surface area contributed by atoms with Gasteiger partial charge in [-0.1, -0.05) is 23.7 Å².